The van der Waals surface area contributed by atoms with E-state index in [-0.39, 0.29) is 6.01 Å². The number of halogens is 1. The van der Waals surface area contributed by atoms with Crippen LogP contribution in [0.5, 0.6) is 17.6 Å². The maximum Gasteiger partial charge on any atom is 0.328 e. The van der Waals surface area contributed by atoms with E-state index in [2.05, 4.69) is 15.0 Å². The van der Waals surface area contributed by atoms with Crippen molar-refractivity contribution in [3.63, 3.8) is 0 Å². The van der Waals surface area contributed by atoms with Gasteiger partial charge in [0, 0.05) is 10.6 Å². The molecule has 0 saturated heterocycles. The van der Waals surface area contributed by atoms with Crippen molar-refractivity contribution in [3.05, 3.63) is 58.6 Å². The van der Waals surface area contributed by atoms with Crippen LogP contribution in [0, 0.1) is 13.8 Å². The van der Waals surface area contributed by atoms with Gasteiger partial charge in [-0.05, 0) is 50.1 Å². The van der Waals surface area contributed by atoms with Gasteiger partial charge in [0.05, 0.1) is 6.61 Å². The molecule has 0 atom stereocenters. The van der Waals surface area contributed by atoms with Crippen LogP contribution in [0.25, 0.3) is 22.7 Å². The van der Waals surface area contributed by atoms with Gasteiger partial charge in [-0.2, -0.15) is 9.97 Å². The zero-order valence-corrected chi connectivity index (χ0v) is 17.2. The second kappa shape index (κ2) is 8.09. The molecule has 2 aromatic heterocycles. The molecule has 0 fully saturated rings. The summed E-state index contributed by atoms with van der Waals surface area (Å²) in [5.41, 5.74) is 3.69. The van der Waals surface area contributed by atoms with Gasteiger partial charge in [0.2, 0.25) is 5.89 Å². The van der Waals surface area contributed by atoms with Crippen LogP contribution in [0.15, 0.2) is 46.9 Å². The quantitative estimate of drug-likeness (QED) is 0.381. The Kier molecular flexibility index (Phi) is 5.36. The van der Waals surface area contributed by atoms with Crippen LogP contribution in [-0.2, 0) is 0 Å². The highest BCUT2D eigenvalue weighted by molar-refractivity contribution is 6.31. The van der Waals surface area contributed by atoms with Crippen LogP contribution in [0.2, 0.25) is 5.02 Å². The number of hydrogen-bond acceptors (Lipinski definition) is 6. The lowest BCUT2D eigenvalue weighted by atomic mass is 10.1. The SMILES string of the molecule is CCCOc1nc(Oc2ccc(C)c(Cl)c2)nc2oc(-c3cccc(C)c3)nc12. The topological polar surface area (TPSA) is 70.3 Å². The van der Waals surface area contributed by atoms with Crippen molar-refractivity contribution in [3.8, 4) is 29.1 Å². The Balaban J connectivity index is 1.76. The monoisotopic (exact) mass is 409 g/mol. The molecule has 4 rings (SSSR count). The number of benzene rings is 2. The Bertz CT molecular complexity index is 1170. The number of aromatic nitrogens is 3. The summed E-state index contributed by atoms with van der Waals surface area (Å²) in [5.74, 6) is 1.31. The summed E-state index contributed by atoms with van der Waals surface area (Å²) < 4.78 is 17.5. The Morgan fingerprint density at radius 1 is 1.03 bits per heavy atom. The van der Waals surface area contributed by atoms with Crippen molar-refractivity contribution < 1.29 is 13.9 Å². The van der Waals surface area contributed by atoms with Gasteiger partial charge in [-0.3, -0.25) is 0 Å². The molecular formula is C22H20ClN3O3. The van der Waals surface area contributed by atoms with Crippen molar-refractivity contribution in [2.45, 2.75) is 27.2 Å². The van der Waals surface area contributed by atoms with Gasteiger partial charge in [-0.25, -0.2) is 4.98 Å². The standard InChI is InChI=1S/C22H20ClN3O3/c1-4-10-27-20-18-21(29-19(24-18)15-7-5-6-13(2)11-15)26-22(25-20)28-16-9-8-14(3)17(23)12-16/h5-9,11-12H,4,10H2,1-3H3. The average molecular weight is 410 g/mol. The number of ether oxygens (including phenoxy) is 2. The van der Waals surface area contributed by atoms with Gasteiger partial charge >= 0.3 is 6.01 Å². The minimum atomic E-state index is 0.107. The average Bonchev–Trinajstić information content (AvgIpc) is 3.13. The third-order valence-corrected chi connectivity index (χ3v) is 4.67. The maximum absolute atomic E-state index is 6.18. The van der Waals surface area contributed by atoms with Crippen molar-refractivity contribution >= 4 is 22.8 Å². The number of rotatable bonds is 6. The minimum Gasteiger partial charge on any atom is -0.476 e. The fourth-order valence-corrected chi connectivity index (χ4v) is 2.94. The lowest BCUT2D eigenvalue weighted by Gasteiger charge is -2.08. The van der Waals surface area contributed by atoms with Crippen LogP contribution in [0.4, 0.5) is 0 Å². The Labute approximate surface area is 173 Å². The smallest absolute Gasteiger partial charge is 0.328 e. The number of oxazole rings is 1. The summed E-state index contributed by atoms with van der Waals surface area (Å²) in [5, 5.41) is 0.604. The van der Waals surface area contributed by atoms with Gasteiger partial charge < -0.3 is 13.9 Å². The molecule has 0 radical (unpaired) electrons. The summed E-state index contributed by atoms with van der Waals surface area (Å²) in [4.78, 5) is 13.3. The molecule has 0 aliphatic carbocycles. The third-order valence-electron chi connectivity index (χ3n) is 4.27. The summed E-state index contributed by atoms with van der Waals surface area (Å²) in [7, 11) is 0. The Hall–Kier alpha value is -3.12. The number of hydrogen-bond donors (Lipinski definition) is 0. The fourth-order valence-electron chi connectivity index (χ4n) is 2.77. The van der Waals surface area contributed by atoms with Gasteiger partial charge in [-0.15, -0.1) is 0 Å². The van der Waals surface area contributed by atoms with E-state index in [9.17, 15) is 0 Å². The second-order valence-corrected chi connectivity index (χ2v) is 7.12. The third kappa shape index (κ3) is 4.17. The van der Waals surface area contributed by atoms with Crippen LogP contribution in [-0.4, -0.2) is 21.6 Å². The van der Waals surface area contributed by atoms with E-state index in [1.807, 2.05) is 51.1 Å². The molecule has 0 bridgehead atoms. The van der Waals surface area contributed by atoms with E-state index >= 15 is 0 Å². The van der Waals surface area contributed by atoms with E-state index in [4.69, 9.17) is 25.5 Å². The first-order valence-corrected chi connectivity index (χ1v) is 9.73. The highest BCUT2D eigenvalue weighted by Gasteiger charge is 2.18. The molecule has 148 valence electrons. The maximum atomic E-state index is 6.18. The molecule has 0 saturated carbocycles. The minimum absolute atomic E-state index is 0.107. The van der Waals surface area contributed by atoms with Crippen molar-refractivity contribution in [1.29, 1.82) is 0 Å². The molecular weight excluding hydrogens is 390 g/mol. The molecule has 7 heteroatoms. The molecule has 0 aliphatic heterocycles. The molecule has 0 spiro atoms. The lowest BCUT2D eigenvalue weighted by molar-refractivity contribution is 0.302. The van der Waals surface area contributed by atoms with E-state index in [1.54, 1.807) is 12.1 Å². The summed E-state index contributed by atoms with van der Waals surface area (Å²) in [6.45, 7) is 6.45. The van der Waals surface area contributed by atoms with E-state index in [0.29, 0.717) is 40.4 Å². The predicted molar refractivity (Wildman–Crippen MR) is 112 cm³/mol. The van der Waals surface area contributed by atoms with Crippen LogP contribution >= 0.6 is 11.6 Å². The zero-order valence-electron chi connectivity index (χ0n) is 16.4. The van der Waals surface area contributed by atoms with E-state index in [0.717, 1.165) is 23.1 Å². The normalized spacial score (nSPS) is 11.0. The molecule has 0 aliphatic rings. The largest absolute Gasteiger partial charge is 0.476 e. The van der Waals surface area contributed by atoms with Gasteiger partial charge in [0.15, 0.2) is 5.52 Å². The Morgan fingerprint density at radius 3 is 2.66 bits per heavy atom. The first kappa shape index (κ1) is 19.2. The molecule has 0 N–H and O–H groups in total. The van der Waals surface area contributed by atoms with Gasteiger partial charge in [0.1, 0.15) is 5.75 Å². The Morgan fingerprint density at radius 2 is 1.90 bits per heavy atom. The van der Waals surface area contributed by atoms with Crippen LogP contribution < -0.4 is 9.47 Å². The summed E-state index contributed by atoms with van der Waals surface area (Å²) in [6.07, 6.45) is 0.831. The predicted octanol–water partition coefficient (Wildman–Crippen LogP) is 6.14. The van der Waals surface area contributed by atoms with Crippen molar-refractivity contribution in [2.24, 2.45) is 0 Å². The molecule has 0 unspecified atom stereocenters. The number of fused-ring (bicyclic) bond motifs is 1. The molecule has 2 aromatic carbocycles. The van der Waals surface area contributed by atoms with Gasteiger partial charge in [-0.1, -0.05) is 42.3 Å². The highest BCUT2D eigenvalue weighted by atomic mass is 35.5. The zero-order chi connectivity index (χ0) is 20.4. The first-order chi connectivity index (χ1) is 14.0. The van der Waals surface area contributed by atoms with Crippen molar-refractivity contribution in [2.75, 3.05) is 6.61 Å². The second-order valence-electron chi connectivity index (χ2n) is 6.72. The molecule has 2 heterocycles. The molecule has 6 nitrogen and oxygen atoms in total. The first-order valence-electron chi connectivity index (χ1n) is 9.36. The summed E-state index contributed by atoms with van der Waals surface area (Å²) >= 11 is 6.18. The van der Waals surface area contributed by atoms with Crippen LogP contribution in [0.1, 0.15) is 24.5 Å². The fraction of sp³-hybridized carbons (Fsp3) is 0.227. The lowest BCUT2D eigenvalue weighted by Crippen LogP contribution is -2.01. The summed E-state index contributed by atoms with van der Waals surface area (Å²) in [6, 6.07) is 13.4. The van der Waals surface area contributed by atoms with Crippen molar-refractivity contribution in [1.82, 2.24) is 15.0 Å². The number of aryl methyl sites for hydroxylation is 2. The van der Waals surface area contributed by atoms with E-state index < -0.39 is 0 Å². The number of nitrogens with zero attached hydrogens (tertiary/aromatic N) is 3. The highest BCUT2D eigenvalue weighted by Crippen LogP contribution is 2.32. The molecule has 29 heavy (non-hydrogen) atoms. The van der Waals surface area contributed by atoms with Crippen LogP contribution in [0.3, 0.4) is 0 Å². The molecule has 4 aromatic rings. The molecule has 0 amide bonds. The van der Waals surface area contributed by atoms with Gasteiger partial charge in [0.25, 0.3) is 11.6 Å². The van der Waals surface area contributed by atoms with E-state index in [1.165, 1.54) is 0 Å².